The molecule has 0 saturated carbocycles. The Morgan fingerprint density at radius 2 is 1.56 bits per heavy atom. The minimum atomic E-state index is -0.444. The largest absolute Gasteiger partial charge is 0.465 e. The number of rotatable bonds is 5. The van der Waals surface area contributed by atoms with Gasteiger partial charge in [0.15, 0.2) is 0 Å². The molecule has 6 heteroatoms. The number of ether oxygens (including phenoxy) is 1. The number of hydrogen-bond donors (Lipinski definition) is 1. The summed E-state index contributed by atoms with van der Waals surface area (Å²) in [5, 5.41) is 2.75. The summed E-state index contributed by atoms with van der Waals surface area (Å²) in [6.45, 7) is 7.19. The van der Waals surface area contributed by atoms with Crippen LogP contribution in [-0.2, 0) is 14.3 Å². The van der Waals surface area contributed by atoms with Gasteiger partial charge in [-0.25, -0.2) is 4.79 Å². The van der Waals surface area contributed by atoms with Gasteiger partial charge in [0.05, 0.1) is 18.4 Å². The molecule has 0 fully saturated rings. The summed E-state index contributed by atoms with van der Waals surface area (Å²) in [4.78, 5) is 37.6. The molecule has 0 unspecified atom stereocenters. The molecule has 27 heavy (non-hydrogen) atoms. The summed E-state index contributed by atoms with van der Waals surface area (Å²) >= 11 is 0. The molecule has 2 aromatic rings. The van der Waals surface area contributed by atoms with Gasteiger partial charge in [-0.15, -0.1) is 0 Å². The van der Waals surface area contributed by atoms with Crippen LogP contribution in [0, 0.1) is 20.8 Å². The van der Waals surface area contributed by atoms with Crippen LogP contribution in [0.1, 0.15) is 34.0 Å². The Morgan fingerprint density at radius 1 is 1.00 bits per heavy atom. The first-order valence-electron chi connectivity index (χ1n) is 8.57. The number of carbonyl (C=O) groups is 3. The number of benzene rings is 2. The zero-order valence-electron chi connectivity index (χ0n) is 16.3. The number of esters is 1. The molecule has 142 valence electrons. The van der Waals surface area contributed by atoms with Gasteiger partial charge in [0.25, 0.3) is 0 Å². The van der Waals surface area contributed by atoms with Gasteiger partial charge in [0.2, 0.25) is 11.8 Å². The Balaban J connectivity index is 2.17. The van der Waals surface area contributed by atoms with Crippen molar-refractivity contribution in [1.29, 1.82) is 0 Å². The molecule has 1 N–H and O–H groups in total. The number of aryl methyl sites for hydroxylation is 3. The van der Waals surface area contributed by atoms with Gasteiger partial charge >= 0.3 is 5.97 Å². The number of nitrogens with zero attached hydrogens (tertiary/aromatic N) is 1. The first kappa shape index (κ1) is 20.2. The van der Waals surface area contributed by atoms with Gasteiger partial charge in [-0.1, -0.05) is 17.7 Å². The third-order valence-corrected chi connectivity index (χ3v) is 4.18. The summed E-state index contributed by atoms with van der Waals surface area (Å²) in [6, 6.07) is 10.3. The summed E-state index contributed by atoms with van der Waals surface area (Å²) in [6.07, 6.45) is 0. The third kappa shape index (κ3) is 4.94. The quantitative estimate of drug-likeness (QED) is 0.821. The molecule has 0 bridgehead atoms. The van der Waals surface area contributed by atoms with Crippen LogP contribution in [0.5, 0.6) is 0 Å². The van der Waals surface area contributed by atoms with E-state index in [4.69, 9.17) is 0 Å². The predicted molar refractivity (Wildman–Crippen MR) is 105 cm³/mol. The maximum atomic E-state index is 12.5. The molecule has 0 aliphatic rings. The first-order valence-corrected chi connectivity index (χ1v) is 8.57. The average Bonchev–Trinajstić information content (AvgIpc) is 2.59. The van der Waals surface area contributed by atoms with Crippen LogP contribution in [0.25, 0.3) is 0 Å². The molecule has 2 rings (SSSR count). The highest BCUT2D eigenvalue weighted by Crippen LogP contribution is 2.26. The molecule has 2 amide bonds. The van der Waals surface area contributed by atoms with Crippen molar-refractivity contribution in [3.63, 3.8) is 0 Å². The summed E-state index contributed by atoms with van der Waals surface area (Å²) in [5.41, 5.74) is 4.67. The zero-order valence-corrected chi connectivity index (χ0v) is 16.3. The normalized spacial score (nSPS) is 10.3. The van der Waals surface area contributed by atoms with Crippen molar-refractivity contribution >= 4 is 29.2 Å². The van der Waals surface area contributed by atoms with E-state index in [1.54, 1.807) is 24.3 Å². The Morgan fingerprint density at radius 3 is 2.04 bits per heavy atom. The van der Waals surface area contributed by atoms with E-state index in [1.165, 1.54) is 18.9 Å². The highest BCUT2D eigenvalue weighted by molar-refractivity contribution is 6.02. The molecule has 0 heterocycles. The van der Waals surface area contributed by atoms with Crippen LogP contribution in [0.4, 0.5) is 11.4 Å². The lowest BCUT2D eigenvalue weighted by atomic mass is 10.0. The molecular formula is C21H24N2O4. The SMILES string of the molecule is COC(=O)c1ccc(NC(=O)CN(C(C)=O)c2c(C)cc(C)cc2C)cc1. The average molecular weight is 368 g/mol. The van der Waals surface area contributed by atoms with Crippen LogP contribution < -0.4 is 10.2 Å². The van der Waals surface area contributed by atoms with Gasteiger partial charge in [-0.05, 0) is 56.2 Å². The molecule has 6 nitrogen and oxygen atoms in total. The smallest absolute Gasteiger partial charge is 0.337 e. The topological polar surface area (TPSA) is 75.7 Å². The summed E-state index contributed by atoms with van der Waals surface area (Å²) < 4.78 is 4.65. The number of anilines is 2. The Bertz CT molecular complexity index is 849. The monoisotopic (exact) mass is 368 g/mol. The van der Waals surface area contributed by atoms with Gasteiger partial charge in [-0.2, -0.15) is 0 Å². The zero-order chi connectivity index (χ0) is 20.1. The first-order chi connectivity index (χ1) is 12.7. The van der Waals surface area contributed by atoms with E-state index in [0.717, 1.165) is 22.4 Å². The van der Waals surface area contributed by atoms with E-state index in [2.05, 4.69) is 10.1 Å². The van der Waals surface area contributed by atoms with Crippen molar-refractivity contribution in [1.82, 2.24) is 0 Å². The van der Waals surface area contributed by atoms with Crippen molar-refractivity contribution < 1.29 is 19.1 Å². The third-order valence-electron chi connectivity index (χ3n) is 4.18. The number of carbonyl (C=O) groups excluding carboxylic acids is 3. The molecule has 0 radical (unpaired) electrons. The van der Waals surface area contributed by atoms with Crippen LogP contribution in [0.2, 0.25) is 0 Å². The highest BCUT2D eigenvalue weighted by Gasteiger charge is 2.20. The summed E-state index contributed by atoms with van der Waals surface area (Å²) in [5.74, 6) is -0.974. The maximum absolute atomic E-state index is 12.5. The number of nitrogens with one attached hydrogen (secondary N) is 1. The fourth-order valence-electron chi connectivity index (χ4n) is 3.10. The second kappa shape index (κ2) is 8.49. The molecule has 0 spiro atoms. The molecule has 0 atom stereocenters. The second-order valence-corrected chi connectivity index (χ2v) is 6.47. The fraction of sp³-hybridized carbons (Fsp3) is 0.286. The number of amides is 2. The molecule has 0 aliphatic heterocycles. The lowest BCUT2D eigenvalue weighted by molar-refractivity contribution is -0.120. The number of hydrogen-bond acceptors (Lipinski definition) is 4. The Hall–Kier alpha value is -3.15. The van der Waals surface area contributed by atoms with Gasteiger partial charge in [0.1, 0.15) is 6.54 Å². The maximum Gasteiger partial charge on any atom is 0.337 e. The van der Waals surface area contributed by atoms with E-state index < -0.39 is 5.97 Å². The lowest BCUT2D eigenvalue weighted by Gasteiger charge is -2.25. The highest BCUT2D eigenvalue weighted by atomic mass is 16.5. The van der Waals surface area contributed by atoms with E-state index in [1.807, 2.05) is 32.9 Å². The standard InChI is InChI=1S/C21H24N2O4/c1-13-10-14(2)20(15(3)11-13)23(16(4)24)12-19(25)22-18-8-6-17(7-9-18)21(26)27-5/h6-11H,12H2,1-5H3,(H,22,25). The molecule has 0 saturated heterocycles. The van der Waals surface area contributed by atoms with Crippen molar-refractivity contribution in [2.45, 2.75) is 27.7 Å². The molecule has 2 aromatic carbocycles. The van der Waals surface area contributed by atoms with Crippen molar-refractivity contribution in [2.24, 2.45) is 0 Å². The predicted octanol–water partition coefficient (Wildman–Crippen LogP) is 3.39. The van der Waals surface area contributed by atoms with Gasteiger partial charge in [0, 0.05) is 12.6 Å². The minimum absolute atomic E-state index is 0.0984. The van der Waals surface area contributed by atoms with E-state index in [9.17, 15) is 14.4 Å². The van der Waals surface area contributed by atoms with E-state index in [0.29, 0.717) is 11.3 Å². The van der Waals surface area contributed by atoms with E-state index >= 15 is 0 Å². The van der Waals surface area contributed by atoms with Crippen molar-refractivity contribution in [3.05, 3.63) is 58.7 Å². The van der Waals surface area contributed by atoms with Crippen LogP contribution in [0.3, 0.4) is 0 Å². The fourth-order valence-corrected chi connectivity index (χ4v) is 3.10. The lowest BCUT2D eigenvalue weighted by Crippen LogP contribution is -2.37. The van der Waals surface area contributed by atoms with Crippen LogP contribution in [-0.4, -0.2) is 31.4 Å². The minimum Gasteiger partial charge on any atom is -0.465 e. The molecule has 0 aliphatic carbocycles. The number of methoxy groups -OCH3 is 1. The Labute approximate surface area is 159 Å². The molecular weight excluding hydrogens is 344 g/mol. The van der Waals surface area contributed by atoms with Gasteiger partial charge < -0.3 is 15.0 Å². The second-order valence-electron chi connectivity index (χ2n) is 6.47. The van der Waals surface area contributed by atoms with E-state index in [-0.39, 0.29) is 18.4 Å². The molecule has 0 aromatic heterocycles. The Kier molecular flexibility index (Phi) is 6.34. The summed E-state index contributed by atoms with van der Waals surface area (Å²) in [7, 11) is 1.31. The van der Waals surface area contributed by atoms with Crippen molar-refractivity contribution in [3.8, 4) is 0 Å². The van der Waals surface area contributed by atoms with Crippen molar-refractivity contribution in [2.75, 3.05) is 23.9 Å². The van der Waals surface area contributed by atoms with Crippen LogP contribution >= 0.6 is 0 Å². The van der Waals surface area contributed by atoms with Crippen LogP contribution in [0.15, 0.2) is 36.4 Å². The van der Waals surface area contributed by atoms with Gasteiger partial charge in [-0.3, -0.25) is 9.59 Å².